The molecule has 1 aliphatic heterocycles. The molecule has 3 aromatic rings. The van der Waals surface area contributed by atoms with E-state index in [2.05, 4.69) is 46.4 Å². The molecule has 0 unspecified atom stereocenters. The molecule has 0 saturated heterocycles. The van der Waals surface area contributed by atoms with Gasteiger partial charge in [0.1, 0.15) is 0 Å². The molecule has 0 spiro atoms. The van der Waals surface area contributed by atoms with Gasteiger partial charge in [0.05, 0.1) is 12.6 Å². The van der Waals surface area contributed by atoms with Gasteiger partial charge in [-0.1, -0.05) is 48.5 Å². The van der Waals surface area contributed by atoms with Crippen molar-refractivity contribution >= 4 is 5.91 Å². The number of primary amides is 1. The first-order valence-electron chi connectivity index (χ1n) is 8.84. The van der Waals surface area contributed by atoms with Gasteiger partial charge in [-0.05, 0) is 34.7 Å². The molecule has 1 atom stereocenters. The van der Waals surface area contributed by atoms with Crippen LogP contribution < -0.4 is 5.73 Å². The first kappa shape index (κ1) is 16.5. The SMILES string of the molecule is NC(=O)[C@H]1Cc2ccccc2CN1Cc1cccc(Cn2cccn2)c1. The molecule has 0 bridgehead atoms. The second-order valence-corrected chi connectivity index (χ2v) is 6.82. The van der Waals surface area contributed by atoms with Crippen LogP contribution in [0.15, 0.2) is 67.0 Å². The van der Waals surface area contributed by atoms with Crippen LogP contribution in [0.25, 0.3) is 0 Å². The molecule has 0 aliphatic carbocycles. The van der Waals surface area contributed by atoms with Crippen LogP contribution in [0, 0.1) is 0 Å². The highest BCUT2D eigenvalue weighted by molar-refractivity contribution is 5.80. The number of carbonyl (C=O) groups is 1. The molecule has 4 rings (SSSR count). The summed E-state index contributed by atoms with van der Waals surface area (Å²) in [7, 11) is 0. The molecular weight excluding hydrogens is 324 g/mol. The number of nitrogens with zero attached hydrogens (tertiary/aromatic N) is 3. The molecule has 2 N–H and O–H groups in total. The molecule has 132 valence electrons. The van der Waals surface area contributed by atoms with Crippen LogP contribution in [-0.2, 0) is 30.8 Å². The van der Waals surface area contributed by atoms with Gasteiger partial charge < -0.3 is 5.73 Å². The Labute approximate surface area is 153 Å². The molecule has 5 nitrogen and oxygen atoms in total. The summed E-state index contributed by atoms with van der Waals surface area (Å²) < 4.78 is 1.91. The zero-order valence-corrected chi connectivity index (χ0v) is 14.6. The van der Waals surface area contributed by atoms with Crippen molar-refractivity contribution in [3.63, 3.8) is 0 Å². The van der Waals surface area contributed by atoms with Crippen LogP contribution in [0.3, 0.4) is 0 Å². The fraction of sp³-hybridized carbons (Fsp3) is 0.238. The third-order valence-corrected chi connectivity index (χ3v) is 4.96. The lowest BCUT2D eigenvalue weighted by atomic mass is 9.93. The minimum Gasteiger partial charge on any atom is -0.368 e. The number of aromatic nitrogens is 2. The fourth-order valence-corrected chi connectivity index (χ4v) is 3.67. The van der Waals surface area contributed by atoms with Gasteiger partial charge in [-0.2, -0.15) is 5.10 Å². The van der Waals surface area contributed by atoms with Crippen molar-refractivity contribution in [3.05, 3.63) is 89.2 Å². The Bertz CT molecular complexity index is 904. The number of carbonyl (C=O) groups excluding carboxylic acids is 1. The van der Waals surface area contributed by atoms with Gasteiger partial charge in [-0.3, -0.25) is 14.4 Å². The van der Waals surface area contributed by atoms with Crippen molar-refractivity contribution in [2.24, 2.45) is 5.73 Å². The van der Waals surface area contributed by atoms with E-state index in [-0.39, 0.29) is 11.9 Å². The van der Waals surface area contributed by atoms with Crippen molar-refractivity contribution < 1.29 is 4.79 Å². The van der Waals surface area contributed by atoms with Crippen LogP contribution in [0.4, 0.5) is 0 Å². The average Bonchev–Trinajstić information content (AvgIpc) is 3.14. The molecule has 5 heteroatoms. The molecule has 2 heterocycles. The number of rotatable bonds is 5. The van der Waals surface area contributed by atoms with E-state index in [1.807, 2.05) is 29.1 Å². The fourth-order valence-electron chi connectivity index (χ4n) is 3.67. The van der Waals surface area contributed by atoms with Gasteiger partial charge in [0.15, 0.2) is 0 Å². The molecule has 1 amide bonds. The summed E-state index contributed by atoms with van der Waals surface area (Å²) in [5.74, 6) is -0.257. The van der Waals surface area contributed by atoms with E-state index in [1.54, 1.807) is 6.20 Å². The second-order valence-electron chi connectivity index (χ2n) is 6.82. The lowest BCUT2D eigenvalue weighted by Crippen LogP contribution is -2.48. The third-order valence-electron chi connectivity index (χ3n) is 4.96. The highest BCUT2D eigenvalue weighted by Crippen LogP contribution is 2.25. The van der Waals surface area contributed by atoms with E-state index in [4.69, 9.17) is 5.73 Å². The van der Waals surface area contributed by atoms with Crippen molar-refractivity contribution in [1.82, 2.24) is 14.7 Å². The predicted octanol–water partition coefficient (Wildman–Crippen LogP) is 2.34. The summed E-state index contributed by atoms with van der Waals surface area (Å²) in [6, 6.07) is 18.4. The maximum atomic E-state index is 12.0. The maximum Gasteiger partial charge on any atom is 0.235 e. The van der Waals surface area contributed by atoms with Crippen molar-refractivity contribution in [2.75, 3.05) is 0 Å². The molecule has 0 fully saturated rings. The van der Waals surface area contributed by atoms with E-state index in [9.17, 15) is 4.79 Å². The smallest absolute Gasteiger partial charge is 0.235 e. The summed E-state index contributed by atoms with van der Waals surface area (Å²) in [6.45, 7) is 2.19. The van der Waals surface area contributed by atoms with Gasteiger partial charge in [0.25, 0.3) is 0 Å². The van der Waals surface area contributed by atoms with Crippen LogP contribution in [0.2, 0.25) is 0 Å². The Morgan fingerprint density at radius 2 is 1.81 bits per heavy atom. The van der Waals surface area contributed by atoms with Gasteiger partial charge in [-0.15, -0.1) is 0 Å². The zero-order chi connectivity index (χ0) is 17.9. The van der Waals surface area contributed by atoms with E-state index < -0.39 is 0 Å². The highest BCUT2D eigenvalue weighted by atomic mass is 16.1. The number of fused-ring (bicyclic) bond motifs is 1. The standard InChI is InChI=1S/C21H22N4O/c22-21(26)20-12-18-7-1-2-8-19(18)15-24(20)13-16-5-3-6-17(11-16)14-25-10-4-9-23-25/h1-11,20H,12-15H2,(H2,22,26)/t20-/m1/s1. The summed E-state index contributed by atoms with van der Waals surface area (Å²) in [6.07, 6.45) is 4.42. The second kappa shape index (κ2) is 7.14. The lowest BCUT2D eigenvalue weighted by molar-refractivity contribution is -0.124. The third kappa shape index (κ3) is 3.53. The molecule has 1 aliphatic rings. The topological polar surface area (TPSA) is 64.2 Å². The van der Waals surface area contributed by atoms with Gasteiger partial charge >= 0.3 is 0 Å². The Kier molecular flexibility index (Phi) is 4.54. The van der Waals surface area contributed by atoms with E-state index in [0.29, 0.717) is 13.0 Å². The predicted molar refractivity (Wildman–Crippen MR) is 100 cm³/mol. The van der Waals surface area contributed by atoms with Crippen LogP contribution in [0.5, 0.6) is 0 Å². The van der Waals surface area contributed by atoms with Gasteiger partial charge in [0, 0.05) is 25.5 Å². The highest BCUT2D eigenvalue weighted by Gasteiger charge is 2.29. The summed E-state index contributed by atoms with van der Waals surface area (Å²) >= 11 is 0. The Hall–Kier alpha value is -2.92. The number of hydrogen-bond donors (Lipinski definition) is 1. The average molecular weight is 346 g/mol. The van der Waals surface area contributed by atoms with E-state index in [1.165, 1.54) is 22.3 Å². The summed E-state index contributed by atoms with van der Waals surface area (Å²) in [5.41, 5.74) is 10.6. The normalized spacial score (nSPS) is 17.0. The van der Waals surface area contributed by atoms with Crippen LogP contribution in [0.1, 0.15) is 22.3 Å². The van der Waals surface area contributed by atoms with Crippen LogP contribution >= 0.6 is 0 Å². The first-order chi connectivity index (χ1) is 12.7. The monoisotopic (exact) mass is 346 g/mol. The molecule has 0 saturated carbocycles. The maximum absolute atomic E-state index is 12.0. The zero-order valence-electron chi connectivity index (χ0n) is 14.6. The van der Waals surface area contributed by atoms with Crippen LogP contribution in [-0.4, -0.2) is 26.6 Å². The molecule has 1 aromatic heterocycles. The molecule has 26 heavy (non-hydrogen) atoms. The van der Waals surface area contributed by atoms with E-state index >= 15 is 0 Å². The lowest BCUT2D eigenvalue weighted by Gasteiger charge is -2.35. The minimum absolute atomic E-state index is 0.257. The van der Waals surface area contributed by atoms with Crippen molar-refractivity contribution in [1.29, 1.82) is 0 Å². The Balaban J connectivity index is 1.54. The van der Waals surface area contributed by atoms with E-state index in [0.717, 1.165) is 13.1 Å². The number of amides is 1. The van der Waals surface area contributed by atoms with Gasteiger partial charge in [-0.25, -0.2) is 0 Å². The van der Waals surface area contributed by atoms with Gasteiger partial charge in [0.2, 0.25) is 5.91 Å². The number of hydrogen-bond acceptors (Lipinski definition) is 3. The number of benzene rings is 2. The first-order valence-corrected chi connectivity index (χ1v) is 8.84. The van der Waals surface area contributed by atoms with Crippen molar-refractivity contribution in [2.45, 2.75) is 32.1 Å². The van der Waals surface area contributed by atoms with Crippen molar-refractivity contribution in [3.8, 4) is 0 Å². The molecular formula is C21H22N4O. The quantitative estimate of drug-likeness (QED) is 0.771. The Morgan fingerprint density at radius 1 is 1.04 bits per heavy atom. The molecule has 2 aromatic carbocycles. The summed E-state index contributed by atoms with van der Waals surface area (Å²) in [4.78, 5) is 14.2. The number of nitrogens with two attached hydrogens (primary N) is 1. The minimum atomic E-state index is -0.264. The largest absolute Gasteiger partial charge is 0.368 e. The molecule has 0 radical (unpaired) electrons. The Morgan fingerprint density at radius 3 is 2.54 bits per heavy atom. The summed E-state index contributed by atoms with van der Waals surface area (Å²) in [5, 5.41) is 4.26.